The van der Waals surface area contributed by atoms with Gasteiger partial charge in [-0.25, -0.2) is 8.42 Å². The van der Waals surface area contributed by atoms with Crippen molar-refractivity contribution in [3.63, 3.8) is 0 Å². The van der Waals surface area contributed by atoms with Crippen LogP contribution in [-0.4, -0.2) is 26.3 Å². The standard InChI is InChI=1S/C14H16N2O3S/c1-20(17,18)12-5-6-14(13(15)10-12)19-9-7-11-4-2-3-8-16-11/h2-6,8,10H,7,9,15H2,1H3. The van der Waals surface area contributed by atoms with E-state index < -0.39 is 9.84 Å². The Balaban J connectivity index is 2.00. The number of pyridine rings is 1. The SMILES string of the molecule is CS(=O)(=O)c1ccc(OCCc2ccccn2)c(N)c1. The van der Waals surface area contributed by atoms with Gasteiger partial charge in [-0.15, -0.1) is 0 Å². The zero-order valence-corrected chi connectivity index (χ0v) is 11.9. The molecule has 106 valence electrons. The fourth-order valence-corrected chi connectivity index (χ4v) is 2.36. The maximum absolute atomic E-state index is 11.4. The van der Waals surface area contributed by atoms with E-state index >= 15 is 0 Å². The summed E-state index contributed by atoms with van der Waals surface area (Å²) in [6.45, 7) is 0.430. The lowest BCUT2D eigenvalue weighted by Gasteiger charge is -2.09. The summed E-state index contributed by atoms with van der Waals surface area (Å²) in [6.07, 6.45) is 3.53. The van der Waals surface area contributed by atoms with Gasteiger partial charge in [0.15, 0.2) is 9.84 Å². The van der Waals surface area contributed by atoms with Crippen molar-refractivity contribution in [2.45, 2.75) is 11.3 Å². The molecule has 0 unspecified atom stereocenters. The lowest BCUT2D eigenvalue weighted by atomic mass is 10.3. The van der Waals surface area contributed by atoms with E-state index in [9.17, 15) is 8.42 Å². The fraction of sp³-hybridized carbons (Fsp3) is 0.214. The van der Waals surface area contributed by atoms with Crippen LogP contribution in [0.5, 0.6) is 5.75 Å². The Labute approximate surface area is 118 Å². The summed E-state index contributed by atoms with van der Waals surface area (Å²) in [5, 5.41) is 0. The van der Waals surface area contributed by atoms with E-state index in [4.69, 9.17) is 10.5 Å². The number of anilines is 1. The van der Waals surface area contributed by atoms with Crippen LogP contribution in [0.2, 0.25) is 0 Å². The molecule has 2 aromatic rings. The molecular formula is C14H16N2O3S. The first-order chi connectivity index (χ1) is 9.47. The van der Waals surface area contributed by atoms with Crippen LogP contribution in [0.25, 0.3) is 0 Å². The van der Waals surface area contributed by atoms with Gasteiger partial charge in [0.2, 0.25) is 0 Å². The largest absolute Gasteiger partial charge is 0.491 e. The molecule has 0 aliphatic rings. The second-order valence-corrected chi connectivity index (χ2v) is 6.41. The molecule has 0 radical (unpaired) electrons. The van der Waals surface area contributed by atoms with Gasteiger partial charge in [0.25, 0.3) is 0 Å². The molecule has 5 nitrogen and oxygen atoms in total. The molecule has 1 aromatic heterocycles. The summed E-state index contributed by atoms with van der Waals surface area (Å²) in [5.74, 6) is 0.480. The van der Waals surface area contributed by atoms with Crippen LogP contribution < -0.4 is 10.5 Å². The van der Waals surface area contributed by atoms with Crippen molar-refractivity contribution in [2.24, 2.45) is 0 Å². The van der Waals surface area contributed by atoms with Crippen molar-refractivity contribution < 1.29 is 13.2 Å². The summed E-state index contributed by atoms with van der Waals surface area (Å²) < 4.78 is 28.3. The highest BCUT2D eigenvalue weighted by atomic mass is 32.2. The topological polar surface area (TPSA) is 82.3 Å². The van der Waals surface area contributed by atoms with Gasteiger partial charge in [-0.05, 0) is 30.3 Å². The van der Waals surface area contributed by atoms with Crippen LogP contribution in [0.4, 0.5) is 5.69 Å². The Kier molecular flexibility index (Phi) is 4.24. The number of sulfone groups is 1. The van der Waals surface area contributed by atoms with E-state index in [0.29, 0.717) is 24.5 Å². The van der Waals surface area contributed by atoms with Gasteiger partial charge in [0.05, 0.1) is 17.2 Å². The summed E-state index contributed by atoms with van der Waals surface area (Å²) in [6, 6.07) is 10.2. The first-order valence-corrected chi connectivity index (χ1v) is 7.98. The predicted molar refractivity (Wildman–Crippen MR) is 77.4 cm³/mol. The van der Waals surface area contributed by atoms with Gasteiger partial charge in [-0.3, -0.25) is 4.98 Å². The molecule has 0 spiro atoms. The molecule has 0 aliphatic carbocycles. The van der Waals surface area contributed by atoms with Gasteiger partial charge in [0, 0.05) is 24.6 Å². The first kappa shape index (κ1) is 14.3. The molecule has 6 heteroatoms. The van der Waals surface area contributed by atoms with Crippen LogP contribution in [0.15, 0.2) is 47.5 Å². The number of hydrogen-bond donors (Lipinski definition) is 1. The summed E-state index contributed by atoms with van der Waals surface area (Å²) >= 11 is 0. The van der Waals surface area contributed by atoms with Gasteiger partial charge in [-0.1, -0.05) is 6.07 Å². The minimum atomic E-state index is -3.25. The highest BCUT2D eigenvalue weighted by Crippen LogP contribution is 2.24. The molecule has 0 fully saturated rings. The van der Waals surface area contributed by atoms with Crippen LogP contribution in [0.3, 0.4) is 0 Å². The number of aromatic nitrogens is 1. The van der Waals surface area contributed by atoms with E-state index in [1.807, 2.05) is 18.2 Å². The average molecular weight is 292 g/mol. The lowest BCUT2D eigenvalue weighted by Crippen LogP contribution is -2.05. The summed E-state index contributed by atoms with van der Waals surface area (Å²) in [7, 11) is -3.25. The molecule has 0 aliphatic heterocycles. The second kappa shape index (κ2) is 5.92. The second-order valence-electron chi connectivity index (χ2n) is 4.39. The minimum Gasteiger partial charge on any atom is -0.491 e. The van der Waals surface area contributed by atoms with Crippen molar-refractivity contribution >= 4 is 15.5 Å². The number of nitrogen functional groups attached to an aromatic ring is 1. The van der Waals surface area contributed by atoms with Gasteiger partial charge in [-0.2, -0.15) is 0 Å². The lowest BCUT2D eigenvalue weighted by molar-refractivity contribution is 0.322. The molecule has 20 heavy (non-hydrogen) atoms. The van der Waals surface area contributed by atoms with E-state index in [-0.39, 0.29) is 4.90 Å². The predicted octanol–water partition coefficient (Wildman–Crippen LogP) is 1.69. The Morgan fingerprint density at radius 1 is 1.25 bits per heavy atom. The molecule has 0 atom stereocenters. The third-order valence-corrected chi connectivity index (χ3v) is 3.86. The van der Waals surface area contributed by atoms with Crippen LogP contribution in [0, 0.1) is 0 Å². The number of benzene rings is 1. The number of nitrogens with two attached hydrogens (primary N) is 1. The highest BCUT2D eigenvalue weighted by Gasteiger charge is 2.10. The Hall–Kier alpha value is -2.08. The van der Waals surface area contributed by atoms with E-state index in [0.717, 1.165) is 11.9 Å². The molecule has 0 amide bonds. The van der Waals surface area contributed by atoms with Crippen LogP contribution in [0.1, 0.15) is 5.69 Å². The highest BCUT2D eigenvalue weighted by molar-refractivity contribution is 7.90. The summed E-state index contributed by atoms with van der Waals surface area (Å²) in [5.41, 5.74) is 7.04. The first-order valence-electron chi connectivity index (χ1n) is 6.09. The molecule has 2 N–H and O–H groups in total. The zero-order chi connectivity index (χ0) is 14.6. The van der Waals surface area contributed by atoms with E-state index in [2.05, 4.69) is 4.98 Å². The van der Waals surface area contributed by atoms with Gasteiger partial charge < -0.3 is 10.5 Å². The van der Waals surface area contributed by atoms with E-state index in [1.165, 1.54) is 12.1 Å². The molecule has 1 heterocycles. The normalized spacial score (nSPS) is 11.2. The maximum Gasteiger partial charge on any atom is 0.175 e. The maximum atomic E-state index is 11.4. The Morgan fingerprint density at radius 2 is 2.05 bits per heavy atom. The zero-order valence-electron chi connectivity index (χ0n) is 11.1. The molecule has 0 bridgehead atoms. The van der Waals surface area contributed by atoms with E-state index in [1.54, 1.807) is 12.3 Å². The molecule has 0 saturated carbocycles. The smallest absolute Gasteiger partial charge is 0.175 e. The van der Waals surface area contributed by atoms with Crippen molar-refractivity contribution in [2.75, 3.05) is 18.6 Å². The third-order valence-electron chi connectivity index (χ3n) is 2.75. The Bertz CT molecular complexity index is 685. The number of ether oxygens (including phenoxy) is 1. The molecule has 0 saturated heterocycles. The number of rotatable bonds is 5. The van der Waals surface area contributed by atoms with Crippen molar-refractivity contribution in [3.8, 4) is 5.75 Å². The van der Waals surface area contributed by atoms with Crippen molar-refractivity contribution in [1.29, 1.82) is 0 Å². The molecule has 1 aromatic carbocycles. The fourth-order valence-electron chi connectivity index (χ4n) is 1.70. The van der Waals surface area contributed by atoms with Crippen LogP contribution >= 0.6 is 0 Å². The third kappa shape index (κ3) is 3.71. The molecule has 2 rings (SSSR count). The number of nitrogens with zero attached hydrogens (tertiary/aromatic N) is 1. The Morgan fingerprint density at radius 3 is 2.65 bits per heavy atom. The van der Waals surface area contributed by atoms with Crippen LogP contribution in [-0.2, 0) is 16.3 Å². The average Bonchev–Trinajstić information content (AvgIpc) is 2.40. The monoisotopic (exact) mass is 292 g/mol. The van der Waals surface area contributed by atoms with Crippen molar-refractivity contribution in [1.82, 2.24) is 4.98 Å². The number of hydrogen-bond acceptors (Lipinski definition) is 5. The van der Waals surface area contributed by atoms with Crippen molar-refractivity contribution in [3.05, 3.63) is 48.3 Å². The van der Waals surface area contributed by atoms with Gasteiger partial charge >= 0.3 is 0 Å². The van der Waals surface area contributed by atoms with Gasteiger partial charge in [0.1, 0.15) is 5.75 Å². The summed E-state index contributed by atoms with van der Waals surface area (Å²) in [4.78, 5) is 4.38. The minimum absolute atomic E-state index is 0.187. The molecular weight excluding hydrogens is 276 g/mol. The quantitative estimate of drug-likeness (QED) is 0.848.